The molecule has 0 aliphatic carbocycles. The number of aryl methyl sites for hydroxylation is 1. The third-order valence-corrected chi connectivity index (χ3v) is 3.43. The molecule has 128 valence electrons. The predicted molar refractivity (Wildman–Crippen MR) is 91.0 cm³/mol. The van der Waals surface area contributed by atoms with Crippen LogP contribution in [-0.4, -0.2) is 39.8 Å². The molecule has 0 spiro atoms. The number of benzene rings is 2. The summed E-state index contributed by atoms with van der Waals surface area (Å²) < 4.78 is 12.3. The highest BCUT2D eigenvalue weighted by Gasteiger charge is 2.12. The standard InChI is InChI=1S/C17H17N5O3/c1-12-19-20-21-22(12)15-10-13(8-9-16(15)24-2)18-17(23)11-25-14-6-4-3-5-7-14/h3-10H,11H2,1-2H3,(H,18,23). The predicted octanol–water partition coefficient (Wildman–Crippen LogP) is 2.00. The van der Waals surface area contributed by atoms with E-state index in [-0.39, 0.29) is 12.5 Å². The smallest absolute Gasteiger partial charge is 0.262 e. The van der Waals surface area contributed by atoms with E-state index in [9.17, 15) is 4.79 Å². The second kappa shape index (κ2) is 7.43. The molecule has 0 aliphatic rings. The Labute approximate surface area is 144 Å². The lowest BCUT2D eigenvalue weighted by Gasteiger charge is -2.12. The number of hydrogen-bond donors (Lipinski definition) is 1. The van der Waals surface area contributed by atoms with E-state index < -0.39 is 0 Å². The number of carbonyl (C=O) groups excluding carboxylic acids is 1. The van der Waals surface area contributed by atoms with Gasteiger partial charge in [-0.3, -0.25) is 4.79 Å². The lowest BCUT2D eigenvalue weighted by atomic mass is 10.2. The summed E-state index contributed by atoms with van der Waals surface area (Å²) in [7, 11) is 1.56. The van der Waals surface area contributed by atoms with Crippen molar-refractivity contribution in [1.29, 1.82) is 0 Å². The van der Waals surface area contributed by atoms with E-state index >= 15 is 0 Å². The molecule has 0 aliphatic heterocycles. The van der Waals surface area contributed by atoms with Crippen LogP contribution in [0.4, 0.5) is 5.69 Å². The molecule has 2 aromatic carbocycles. The van der Waals surface area contributed by atoms with Crippen LogP contribution in [0.1, 0.15) is 5.82 Å². The van der Waals surface area contributed by atoms with Crippen molar-refractivity contribution in [3.63, 3.8) is 0 Å². The zero-order chi connectivity index (χ0) is 17.6. The maximum atomic E-state index is 12.1. The van der Waals surface area contributed by atoms with Crippen LogP contribution in [0.2, 0.25) is 0 Å². The van der Waals surface area contributed by atoms with Gasteiger partial charge < -0.3 is 14.8 Å². The first kappa shape index (κ1) is 16.4. The van der Waals surface area contributed by atoms with Crippen LogP contribution in [0.5, 0.6) is 11.5 Å². The average Bonchev–Trinajstić information content (AvgIpc) is 3.06. The van der Waals surface area contributed by atoms with Crippen LogP contribution in [-0.2, 0) is 4.79 Å². The first-order valence-electron chi connectivity index (χ1n) is 7.58. The summed E-state index contributed by atoms with van der Waals surface area (Å²) in [5.74, 6) is 1.56. The third-order valence-electron chi connectivity index (χ3n) is 3.43. The topological polar surface area (TPSA) is 91.2 Å². The van der Waals surface area contributed by atoms with E-state index in [1.54, 1.807) is 44.4 Å². The number of methoxy groups -OCH3 is 1. The highest BCUT2D eigenvalue weighted by Crippen LogP contribution is 2.26. The number of carbonyl (C=O) groups is 1. The summed E-state index contributed by atoms with van der Waals surface area (Å²) in [5.41, 5.74) is 1.22. The van der Waals surface area contributed by atoms with Gasteiger partial charge in [-0.05, 0) is 47.7 Å². The van der Waals surface area contributed by atoms with Gasteiger partial charge in [0.25, 0.3) is 5.91 Å². The van der Waals surface area contributed by atoms with Gasteiger partial charge in [0.05, 0.1) is 7.11 Å². The highest BCUT2D eigenvalue weighted by molar-refractivity contribution is 5.92. The van der Waals surface area contributed by atoms with Crippen LogP contribution in [0.15, 0.2) is 48.5 Å². The summed E-state index contributed by atoms with van der Waals surface area (Å²) in [4.78, 5) is 12.1. The fourth-order valence-electron chi connectivity index (χ4n) is 2.25. The number of tetrazole rings is 1. The van der Waals surface area contributed by atoms with E-state index in [0.29, 0.717) is 28.7 Å². The first-order chi connectivity index (χ1) is 12.2. The molecule has 1 aromatic heterocycles. The van der Waals surface area contributed by atoms with Crippen LogP contribution in [0.25, 0.3) is 5.69 Å². The van der Waals surface area contributed by atoms with Crippen LogP contribution >= 0.6 is 0 Å². The summed E-state index contributed by atoms with van der Waals surface area (Å²) >= 11 is 0. The second-order valence-electron chi connectivity index (χ2n) is 5.17. The fourth-order valence-corrected chi connectivity index (χ4v) is 2.25. The van der Waals surface area contributed by atoms with Crippen molar-refractivity contribution in [3.8, 4) is 17.2 Å². The molecule has 25 heavy (non-hydrogen) atoms. The van der Waals surface area contributed by atoms with Gasteiger partial charge in [-0.2, -0.15) is 4.68 Å². The van der Waals surface area contributed by atoms with E-state index in [1.165, 1.54) is 4.68 Å². The van der Waals surface area contributed by atoms with Gasteiger partial charge in [-0.25, -0.2) is 0 Å². The van der Waals surface area contributed by atoms with Crippen LogP contribution < -0.4 is 14.8 Å². The molecule has 3 rings (SSSR count). The summed E-state index contributed by atoms with van der Waals surface area (Å²) in [5, 5.41) is 14.2. The molecule has 0 fully saturated rings. The molecule has 0 saturated heterocycles. The number of para-hydroxylation sites is 1. The van der Waals surface area contributed by atoms with E-state index in [0.717, 1.165) is 0 Å². The zero-order valence-corrected chi connectivity index (χ0v) is 13.8. The van der Waals surface area contributed by atoms with Gasteiger partial charge in [0, 0.05) is 5.69 Å². The zero-order valence-electron chi connectivity index (χ0n) is 13.8. The number of amides is 1. The first-order valence-corrected chi connectivity index (χ1v) is 7.58. The SMILES string of the molecule is COc1ccc(NC(=O)COc2ccccc2)cc1-n1nnnc1C. The van der Waals surface area contributed by atoms with Gasteiger partial charge in [0.2, 0.25) is 0 Å². The average molecular weight is 339 g/mol. The Balaban J connectivity index is 1.72. The van der Waals surface area contributed by atoms with Crippen molar-refractivity contribution in [1.82, 2.24) is 20.2 Å². The monoisotopic (exact) mass is 339 g/mol. The van der Waals surface area contributed by atoms with Gasteiger partial charge in [0.1, 0.15) is 17.2 Å². The number of rotatable bonds is 6. The fraction of sp³-hybridized carbons (Fsp3) is 0.176. The number of nitrogens with zero attached hydrogens (tertiary/aromatic N) is 4. The van der Waals surface area contributed by atoms with E-state index in [2.05, 4.69) is 20.8 Å². The van der Waals surface area contributed by atoms with Crippen molar-refractivity contribution >= 4 is 11.6 Å². The van der Waals surface area contributed by atoms with Crippen LogP contribution in [0.3, 0.4) is 0 Å². The minimum atomic E-state index is -0.270. The van der Waals surface area contributed by atoms with Crippen molar-refractivity contribution in [2.45, 2.75) is 6.92 Å². The minimum absolute atomic E-state index is 0.0880. The number of hydrogen-bond acceptors (Lipinski definition) is 6. The molecule has 3 aromatic rings. The van der Waals surface area contributed by atoms with Gasteiger partial charge >= 0.3 is 0 Å². The maximum Gasteiger partial charge on any atom is 0.262 e. The van der Waals surface area contributed by atoms with E-state index in [1.807, 2.05) is 18.2 Å². The van der Waals surface area contributed by atoms with Crippen molar-refractivity contribution in [2.75, 3.05) is 19.0 Å². The molecule has 1 amide bonds. The Bertz CT molecular complexity index is 864. The Morgan fingerprint density at radius 2 is 2.00 bits per heavy atom. The molecule has 8 heteroatoms. The Morgan fingerprint density at radius 3 is 2.68 bits per heavy atom. The molecular weight excluding hydrogens is 322 g/mol. The Morgan fingerprint density at radius 1 is 1.20 bits per heavy atom. The van der Waals surface area contributed by atoms with Gasteiger partial charge in [0.15, 0.2) is 12.4 Å². The molecule has 8 nitrogen and oxygen atoms in total. The second-order valence-corrected chi connectivity index (χ2v) is 5.17. The number of nitrogens with one attached hydrogen (secondary N) is 1. The highest BCUT2D eigenvalue weighted by atomic mass is 16.5. The third kappa shape index (κ3) is 3.92. The molecule has 0 unspecified atom stereocenters. The number of aromatic nitrogens is 4. The Kier molecular flexibility index (Phi) is 4.89. The summed E-state index contributed by atoms with van der Waals surface area (Å²) in [6.45, 7) is 1.69. The number of anilines is 1. The molecule has 1 heterocycles. The van der Waals surface area contributed by atoms with E-state index in [4.69, 9.17) is 9.47 Å². The van der Waals surface area contributed by atoms with Crippen molar-refractivity contribution < 1.29 is 14.3 Å². The van der Waals surface area contributed by atoms with Crippen LogP contribution in [0, 0.1) is 6.92 Å². The molecule has 0 bridgehead atoms. The lowest BCUT2D eigenvalue weighted by molar-refractivity contribution is -0.118. The summed E-state index contributed by atoms with van der Waals surface area (Å²) in [6.07, 6.45) is 0. The van der Waals surface area contributed by atoms with Crippen molar-refractivity contribution in [2.24, 2.45) is 0 Å². The lowest BCUT2D eigenvalue weighted by Crippen LogP contribution is -2.20. The van der Waals surface area contributed by atoms with Crippen molar-refractivity contribution in [3.05, 3.63) is 54.4 Å². The van der Waals surface area contributed by atoms with Gasteiger partial charge in [-0.15, -0.1) is 5.10 Å². The molecule has 0 radical (unpaired) electrons. The van der Waals surface area contributed by atoms with Gasteiger partial charge in [-0.1, -0.05) is 18.2 Å². The summed E-state index contributed by atoms with van der Waals surface area (Å²) in [6, 6.07) is 14.4. The normalized spacial score (nSPS) is 10.3. The number of ether oxygens (including phenoxy) is 2. The molecular formula is C17H17N5O3. The quantitative estimate of drug-likeness (QED) is 0.738. The maximum absolute atomic E-state index is 12.1. The Hall–Kier alpha value is -3.42. The molecule has 1 N–H and O–H groups in total. The largest absolute Gasteiger partial charge is 0.494 e. The minimum Gasteiger partial charge on any atom is -0.494 e. The molecule has 0 saturated carbocycles. The molecule has 0 atom stereocenters.